The first-order chi connectivity index (χ1) is 4.34. The van der Waals surface area contributed by atoms with Gasteiger partial charge in [0.1, 0.15) is 0 Å². The Kier molecular flexibility index (Phi) is 1.41. The van der Waals surface area contributed by atoms with Crippen LogP contribution in [0.1, 0.15) is 5.69 Å². The first-order valence-electron chi connectivity index (χ1n) is 2.27. The van der Waals surface area contributed by atoms with Crippen molar-refractivity contribution in [1.29, 1.82) is 0 Å². The minimum Gasteiger partial charge on any atom is -0.241 e. The normalized spacial score (nSPS) is 8.44. The molecular formula is C6H3FN2. The van der Waals surface area contributed by atoms with Crippen LogP contribution in [0.5, 0.6) is 0 Å². The van der Waals surface area contributed by atoms with Crippen LogP contribution in [0.4, 0.5) is 4.39 Å². The standard InChI is InChI=1S/C6H3FN2/c1-2-5-6(7)9-4-3-8-5/h1,3-4H. The zero-order valence-corrected chi connectivity index (χ0v) is 4.50. The summed E-state index contributed by atoms with van der Waals surface area (Å²) >= 11 is 0. The summed E-state index contributed by atoms with van der Waals surface area (Å²) in [7, 11) is 0. The molecule has 2 nitrogen and oxygen atoms in total. The molecule has 0 saturated heterocycles. The second-order valence-corrected chi connectivity index (χ2v) is 1.34. The highest BCUT2D eigenvalue weighted by Gasteiger charge is 1.96. The van der Waals surface area contributed by atoms with E-state index in [1.165, 1.54) is 12.4 Å². The fraction of sp³-hybridized carbons (Fsp3) is 0. The molecule has 0 fully saturated rings. The number of rotatable bonds is 0. The van der Waals surface area contributed by atoms with Gasteiger partial charge in [0.25, 0.3) is 0 Å². The highest BCUT2D eigenvalue weighted by molar-refractivity contribution is 5.21. The summed E-state index contributed by atoms with van der Waals surface area (Å²) < 4.78 is 12.3. The number of halogens is 1. The van der Waals surface area contributed by atoms with E-state index in [-0.39, 0.29) is 5.69 Å². The Hall–Kier alpha value is -1.43. The van der Waals surface area contributed by atoms with Gasteiger partial charge in [-0.25, -0.2) is 9.97 Å². The topological polar surface area (TPSA) is 25.8 Å². The predicted octanol–water partition coefficient (Wildman–Crippen LogP) is 0.597. The summed E-state index contributed by atoms with van der Waals surface area (Å²) in [6.45, 7) is 0. The van der Waals surface area contributed by atoms with Crippen LogP contribution in [0.15, 0.2) is 12.4 Å². The molecule has 0 aromatic carbocycles. The molecule has 44 valence electrons. The van der Waals surface area contributed by atoms with E-state index in [1.54, 1.807) is 0 Å². The lowest BCUT2D eigenvalue weighted by molar-refractivity contribution is 0.572. The van der Waals surface area contributed by atoms with Crippen molar-refractivity contribution in [2.75, 3.05) is 0 Å². The van der Waals surface area contributed by atoms with Crippen LogP contribution in [0.3, 0.4) is 0 Å². The lowest BCUT2D eigenvalue weighted by Crippen LogP contribution is -1.90. The maximum absolute atomic E-state index is 12.3. The SMILES string of the molecule is C#Cc1nccnc1F. The van der Waals surface area contributed by atoms with Crippen LogP contribution in [-0.2, 0) is 0 Å². The molecule has 1 heterocycles. The van der Waals surface area contributed by atoms with E-state index in [9.17, 15) is 4.39 Å². The van der Waals surface area contributed by atoms with E-state index in [0.29, 0.717) is 0 Å². The van der Waals surface area contributed by atoms with Crippen LogP contribution in [0.25, 0.3) is 0 Å². The fourth-order valence-corrected chi connectivity index (χ4v) is 0.418. The van der Waals surface area contributed by atoms with Gasteiger partial charge in [0.05, 0.1) is 0 Å². The second-order valence-electron chi connectivity index (χ2n) is 1.34. The van der Waals surface area contributed by atoms with Gasteiger partial charge in [-0.15, -0.1) is 6.42 Å². The van der Waals surface area contributed by atoms with Crippen molar-refractivity contribution in [3.63, 3.8) is 0 Å². The highest BCUT2D eigenvalue weighted by atomic mass is 19.1. The van der Waals surface area contributed by atoms with Gasteiger partial charge < -0.3 is 0 Å². The summed E-state index contributed by atoms with van der Waals surface area (Å²) in [6.07, 6.45) is 7.45. The molecule has 1 rings (SSSR count). The average Bonchev–Trinajstić information content (AvgIpc) is 1.89. The van der Waals surface area contributed by atoms with Crippen LogP contribution in [0.2, 0.25) is 0 Å². The molecule has 0 spiro atoms. The third-order valence-electron chi connectivity index (χ3n) is 0.790. The maximum Gasteiger partial charge on any atom is 0.247 e. The van der Waals surface area contributed by atoms with Crippen molar-refractivity contribution in [1.82, 2.24) is 9.97 Å². The summed E-state index contributed by atoms with van der Waals surface area (Å²) in [6, 6.07) is 0. The molecule has 0 aliphatic heterocycles. The molecule has 0 radical (unpaired) electrons. The molecule has 0 amide bonds. The Morgan fingerprint density at radius 1 is 1.44 bits per heavy atom. The van der Waals surface area contributed by atoms with Gasteiger partial charge >= 0.3 is 0 Å². The lowest BCUT2D eigenvalue weighted by atomic mass is 10.5. The number of nitrogens with zero attached hydrogens (tertiary/aromatic N) is 2. The minimum atomic E-state index is -0.694. The van der Waals surface area contributed by atoms with Crippen LogP contribution < -0.4 is 0 Å². The molecule has 3 heteroatoms. The Labute approximate surface area is 51.8 Å². The lowest BCUT2D eigenvalue weighted by Gasteiger charge is -1.86. The Balaban J connectivity index is 3.20. The van der Waals surface area contributed by atoms with Gasteiger partial charge in [0.2, 0.25) is 5.95 Å². The quantitative estimate of drug-likeness (QED) is 0.471. The van der Waals surface area contributed by atoms with Crippen molar-refractivity contribution in [2.45, 2.75) is 0 Å². The number of hydrogen-bond acceptors (Lipinski definition) is 2. The van der Waals surface area contributed by atoms with E-state index in [0.717, 1.165) is 0 Å². The van der Waals surface area contributed by atoms with Crippen LogP contribution >= 0.6 is 0 Å². The van der Waals surface area contributed by atoms with E-state index in [1.807, 2.05) is 5.92 Å². The molecule has 0 unspecified atom stereocenters. The molecule has 0 saturated carbocycles. The van der Waals surface area contributed by atoms with Gasteiger partial charge in [0, 0.05) is 12.4 Å². The Bertz CT molecular complexity index is 251. The van der Waals surface area contributed by atoms with E-state index in [2.05, 4.69) is 9.97 Å². The van der Waals surface area contributed by atoms with Crippen LogP contribution in [0, 0.1) is 18.3 Å². The largest absolute Gasteiger partial charge is 0.247 e. The molecular weight excluding hydrogens is 119 g/mol. The van der Waals surface area contributed by atoms with Crippen molar-refractivity contribution in [3.05, 3.63) is 24.0 Å². The molecule has 0 aliphatic rings. The monoisotopic (exact) mass is 122 g/mol. The molecule has 1 aromatic rings. The molecule has 0 atom stereocenters. The number of terminal acetylenes is 1. The number of hydrogen-bond donors (Lipinski definition) is 0. The Morgan fingerprint density at radius 2 is 2.11 bits per heavy atom. The second kappa shape index (κ2) is 2.23. The summed E-state index contributed by atoms with van der Waals surface area (Å²) in [4.78, 5) is 6.80. The number of aromatic nitrogens is 2. The van der Waals surface area contributed by atoms with E-state index >= 15 is 0 Å². The fourth-order valence-electron chi connectivity index (χ4n) is 0.418. The zero-order chi connectivity index (χ0) is 6.69. The van der Waals surface area contributed by atoms with Crippen molar-refractivity contribution in [2.24, 2.45) is 0 Å². The van der Waals surface area contributed by atoms with E-state index in [4.69, 9.17) is 6.42 Å². The smallest absolute Gasteiger partial charge is 0.241 e. The van der Waals surface area contributed by atoms with Gasteiger partial charge in [-0.3, -0.25) is 0 Å². The predicted molar refractivity (Wildman–Crippen MR) is 29.9 cm³/mol. The van der Waals surface area contributed by atoms with Gasteiger partial charge in [-0.1, -0.05) is 0 Å². The van der Waals surface area contributed by atoms with Crippen molar-refractivity contribution >= 4 is 0 Å². The summed E-state index contributed by atoms with van der Waals surface area (Å²) in [5, 5.41) is 0. The zero-order valence-electron chi connectivity index (χ0n) is 4.50. The third-order valence-corrected chi connectivity index (χ3v) is 0.790. The van der Waals surface area contributed by atoms with Gasteiger partial charge in [0.15, 0.2) is 5.69 Å². The van der Waals surface area contributed by atoms with Crippen molar-refractivity contribution < 1.29 is 4.39 Å². The summed E-state index contributed by atoms with van der Waals surface area (Å²) in [5.74, 6) is 1.35. The first kappa shape index (κ1) is 5.70. The van der Waals surface area contributed by atoms with Gasteiger partial charge in [-0.2, -0.15) is 4.39 Å². The molecule has 1 aromatic heterocycles. The molecule has 0 bridgehead atoms. The third kappa shape index (κ3) is 1.03. The molecule has 0 N–H and O–H groups in total. The molecule has 0 aliphatic carbocycles. The van der Waals surface area contributed by atoms with E-state index < -0.39 is 5.95 Å². The highest BCUT2D eigenvalue weighted by Crippen LogP contribution is 1.93. The van der Waals surface area contributed by atoms with Crippen molar-refractivity contribution in [3.8, 4) is 12.3 Å². The molecule has 9 heavy (non-hydrogen) atoms. The van der Waals surface area contributed by atoms with Gasteiger partial charge in [-0.05, 0) is 5.92 Å². The summed E-state index contributed by atoms with van der Waals surface area (Å²) in [5.41, 5.74) is -0.0440. The minimum absolute atomic E-state index is 0.0440. The maximum atomic E-state index is 12.3. The van der Waals surface area contributed by atoms with Crippen LogP contribution in [-0.4, -0.2) is 9.97 Å². The first-order valence-corrected chi connectivity index (χ1v) is 2.27. The Morgan fingerprint density at radius 3 is 2.56 bits per heavy atom. The average molecular weight is 122 g/mol.